The summed E-state index contributed by atoms with van der Waals surface area (Å²) in [6.45, 7) is 2.18. The minimum absolute atomic E-state index is 0.248. The molecule has 1 aliphatic rings. The van der Waals surface area contributed by atoms with E-state index in [-0.39, 0.29) is 18.3 Å². The molecule has 1 heterocycles. The maximum atomic E-state index is 13.0. The average Bonchev–Trinajstić information content (AvgIpc) is 2.72. The van der Waals surface area contributed by atoms with Gasteiger partial charge in [0.2, 0.25) is 0 Å². The van der Waals surface area contributed by atoms with E-state index in [1.807, 2.05) is 24.3 Å². The Labute approximate surface area is 157 Å². The van der Waals surface area contributed by atoms with Crippen molar-refractivity contribution in [3.63, 3.8) is 0 Å². The van der Waals surface area contributed by atoms with E-state index in [1.54, 1.807) is 17.0 Å². The highest BCUT2D eigenvalue weighted by Crippen LogP contribution is 2.24. The predicted molar refractivity (Wildman–Crippen MR) is 101 cm³/mol. The van der Waals surface area contributed by atoms with Crippen molar-refractivity contribution >= 4 is 17.7 Å². The van der Waals surface area contributed by atoms with E-state index >= 15 is 0 Å². The van der Waals surface area contributed by atoms with Crippen molar-refractivity contribution in [3.8, 4) is 11.1 Å². The molecule has 0 aliphatic carbocycles. The van der Waals surface area contributed by atoms with Crippen LogP contribution in [0.15, 0.2) is 48.5 Å². The Kier molecular flexibility index (Phi) is 5.90. The largest absolute Gasteiger partial charge is 0.439 e. The van der Waals surface area contributed by atoms with Crippen LogP contribution < -0.4 is 10.2 Å². The number of anilines is 1. The summed E-state index contributed by atoms with van der Waals surface area (Å²) in [7, 11) is 1.50. The van der Waals surface area contributed by atoms with Crippen LogP contribution in [0.25, 0.3) is 11.1 Å². The number of nitrogens with one attached hydrogen (secondary N) is 1. The van der Waals surface area contributed by atoms with Crippen LogP contribution in [0.1, 0.15) is 0 Å². The van der Waals surface area contributed by atoms with Crippen LogP contribution in [-0.4, -0.2) is 56.7 Å². The molecular formula is C20H22FN3O3. The van der Waals surface area contributed by atoms with Gasteiger partial charge in [0, 0.05) is 38.9 Å². The monoisotopic (exact) mass is 371 g/mol. The Hall–Kier alpha value is -3.09. The molecule has 1 saturated heterocycles. The van der Waals surface area contributed by atoms with Crippen LogP contribution in [0.2, 0.25) is 0 Å². The molecule has 1 fully saturated rings. The Morgan fingerprint density at radius 2 is 1.52 bits per heavy atom. The topological polar surface area (TPSA) is 61.9 Å². The van der Waals surface area contributed by atoms with Gasteiger partial charge in [-0.05, 0) is 35.4 Å². The summed E-state index contributed by atoms with van der Waals surface area (Å²) in [5.74, 6) is -0.578. The summed E-state index contributed by atoms with van der Waals surface area (Å²) in [4.78, 5) is 26.9. The van der Waals surface area contributed by atoms with Gasteiger partial charge in [0.25, 0.3) is 5.91 Å². The highest BCUT2D eigenvalue weighted by molar-refractivity contribution is 5.79. The van der Waals surface area contributed by atoms with Gasteiger partial charge in [-0.1, -0.05) is 24.3 Å². The van der Waals surface area contributed by atoms with Gasteiger partial charge >= 0.3 is 6.09 Å². The number of halogens is 1. The summed E-state index contributed by atoms with van der Waals surface area (Å²) in [5.41, 5.74) is 3.06. The molecule has 0 bridgehead atoms. The number of piperazine rings is 1. The van der Waals surface area contributed by atoms with Gasteiger partial charge < -0.3 is 19.9 Å². The van der Waals surface area contributed by atoms with Crippen LogP contribution >= 0.6 is 0 Å². The first-order valence-electron chi connectivity index (χ1n) is 8.80. The molecule has 0 spiro atoms. The Balaban J connectivity index is 1.54. The number of nitrogens with zero attached hydrogens (tertiary/aromatic N) is 2. The SMILES string of the molecule is CNC(=O)COC(=O)N1CCN(c2ccc(-c3ccc(F)cc3)cc2)CC1. The number of carbonyl (C=O) groups is 2. The molecule has 7 heteroatoms. The fraction of sp³-hybridized carbons (Fsp3) is 0.300. The number of likely N-dealkylation sites (N-methyl/N-ethyl adjacent to an activating group) is 1. The van der Waals surface area contributed by atoms with Gasteiger partial charge in [-0.15, -0.1) is 0 Å². The number of rotatable bonds is 4. The lowest BCUT2D eigenvalue weighted by Crippen LogP contribution is -2.49. The second-order valence-corrected chi connectivity index (χ2v) is 6.26. The van der Waals surface area contributed by atoms with Crippen molar-refractivity contribution in [2.24, 2.45) is 0 Å². The van der Waals surface area contributed by atoms with Crippen molar-refractivity contribution in [3.05, 3.63) is 54.3 Å². The maximum Gasteiger partial charge on any atom is 0.410 e. The molecule has 2 amide bonds. The minimum Gasteiger partial charge on any atom is -0.439 e. The molecule has 0 saturated carbocycles. The van der Waals surface area contributed by atoms with E-state index in [1.165, 1.54) is 19.2 Å². The van der Waals surface area contributed by atoms with Gasteiger partial charge in [-0.2, -0.15) is 0 Å². The lowest BCUT2D eigenvalue weighted by atomic mass is 10.1. The average molecular weight is 371 g/mol. The van der Waals surface area contributed by atoms with Gasteiger partial charge in [0.15, 0.2) is 6.61 Å². The van der Waals surface area contributed by atoms with E-state index in [0.29, 0.717) is 26.2 Å². The third kappa shape index (κ3) is 4.75. The lowest BCUT2D eigenvalue weighted by molar-refractivity contribution is -0.123. The highest BCUT2D eigenvalue weighted by Gasteiger charge is 2.22. The predicted octanol–water partition coefficient (Wildman–Crippen LogP) is 2.50. The molecule has 1 aliphatic heterocycles. The maximum absolute atomic E-state index is 13.0. The molecule has 2 aromatic carbocycles. The summed E-state index contributed by atoms with van der Waals surface area (Å²) in [5, 5.41) is 2.41. The Morgan fingerprint density at radius 3 is 2.07 bits per heavy atom. The van der Waals surface area contributed by atoms with Crippen molar-refractivity contribution < 1.29 is 18.7 Å². The van der Waals surface area contributed by atoms with Gasteiger partial charge in [-0.3, -0.25) is 4.79 Å². The summed E-state index contributed by atoms with van der Waals surface area (Å²) >= 11 is 0. The molecule has 0 aromatic heterocycles. The normalized spacial score (nSPS) is 14.0. The summed E-state index contributed by atoms with van der Waals surface area (Å²) in [6, 6.07) is 14.5. The van der Waals surface area contributed by atoms with E-state index in [9.17, 15) is 14.0 Å². The van der Waals surface area contributed by atoms with E-state index in [0.717, 1.165) is 16.8 Å². The third-order valence-electron chi connectivity index (χ3n) is 4.55. The van der Waals surface area contributed by atoms with Crippen LogP contribution in [-0.2, 0) is 9.53 Å². The van der Waals surface area contributed by atoms with E-state index in [4.69, 9.17) is 4.74 Å². The van der Waals surface area contributed by atoms with Gasteiger partial charge in [-0.25, -0.2) is 9.18 Å². The van der Waals surface area contributed by atoms with Crippen LogP contribution in [0.3, 0.4) is 0 Å². The first-order valence-corrected chi connectivity index (χ1v) is 8.80. The number of carbonyl (C=O) groups excluding carboxylic acids is 2. The fourth-order valence-corrected chi connectivity index (χ4v) is 2.95. The molecule has 0 radical (unpaired) electrons. The standard InChI is InChI=1S/C20H22FN3O3/c1-22-19(25)14-27-20(26)24-12-10-23(11-13-24)18-8-4-16(5-9-18)15-2-6-17(21)7-3-15/h2-9H,10-14H2,1H3,(H,22,25). The van der Waals surface area contributed by atoms with E-state index < -0.39 is 6.09 Å². The molecule has 3 rings (SSSR count). The quantitative estimate of drug-likeness (QED) is 0.897. The van der Waals surface area contributed by atoms with Crippen LogP contribution in [0.4, 0.5) is 14.9 Å². The molecule has 1 N–H and O–H groups in total. The van der Waals surface area contributed by atoms with Crippen molar-refractivity contribution in [1.82, 2.24) is 10.2 Å². The Bertz CT molecular complexity index is 785. The summed E-state index contributed by atoms with van der Waals surface area (Å²) < 4.78 is 18.0. The van der Waals surface area contributed by atoms with E-state index in [2.05, 4.69) is 10.2 Å². The van der Waals surface area contributed by atoms with Gasteiger partial charge in [0.05, 0.1) is 0 Å². The highest BCUT2D eigenvalue weighted by atomic mass is 19.1. The molecular weight excluding hydrogens is 349 g/mol. The van der Waals surface area contributed by atoms with Crippen LogP contribution in [0.5, 0.6) is 0 Å². The molecule has 142 valence electrons. The smallest absolute Gasteiger partial charge is 0.410 e. The van der Waals surface area contributed by atoms with Crippen LogP contribution in [0, 0.1) is 5.82 Å². The molecule has 0 unspecified atom stereocenters. The zero-order chi connectivity index (χ0) is 19.2. The second kappa shape index (κ2) is 8.53. The second-order valence-electron chi connectivity index (χ2n) is 6.26. The molecule has 6 nitrogen and oxygen atoms in total. The molecule has 27 heavy (non-hydrogen) atoms. The lowest BCUT2D eigenvalue weighted by Gasteiger charge is -2.35. The number of amides is 2. The summed E-state index contributed by atoms with van der Waals surface area (Å²) in [6.07, 6.45) is -0.468. The first-order chi connectivity index (χ1) is 13.1. The minimum atomic E-state index is -0.468. The molecule has 0 atom stereocenters. The van der Waals surface area contributed by atoms with Gasteiger partial charge in [0.1, 0.15) is 5.82 Å². The number of ether oxygens (including phenoxy) is 1. The number of hydrogen-bond acceptors (Lipinski definition) is 4. The first kappa shape index (κ1) is 18.7. The number of benzene rings is 2. The fourth-order valence-electron chi connectivity index (χ4n) is 2.95. The zero-order valence-electron chi connectivity index (χ0n) is 15.2. The van der Waals surface area contributed by atoms with Crippen molar-refractivity contribution in [2.45, 2.75) is 0 Å². The third-order valence-corrected chi connectivity index (χ3v) is 4.55. The zero-order valence-corrected chi connectivity index (χ0v) is 15.2. The number of hydrogen-bond donors (Lipinski definition) is 1. The Morgan fingerprint density at radius 1 is 0.963 bits per heavy atom. The molecule has 2 aromatic rings. The van der Waals surface area contributed by atoms with Crippen molar-refractivity contribution in [1.29, 1.82) is 0 Å². The van der Waals surface area contributed by atoms with Crippen molar-refractivity contribution in [2.75, 3.05) is 44.7 Å².